The molecule has 1 aliphatic heterocycles. The average Bonchev–Trinajstić information content (AvgIpc) is 3.01. The van der Waals surface area contributed by atoms with Crippen LogP contribution in [0.15, 0.2) is 36.5 Å². The molecule has 0 spiro atoms. The zero-order chi connectivity index (χ0) is 17.6. The van der Waals surface area contributed by atoms with E-state index in [-0.39, 0.29) is 11.8 Å². The second-order valence-corrected chi connectivity index (χ2v) is 6.21. The van der Waals surface area contributed by atoms with Gasteiger partial charge >= 0.3 is 0 Å². The van der Waals surface area contributed by atoms with E-state index in [4.69, 9.17) is 9.47 Å². The molecule has 0 saturated heterocycles. The van der Waals surface area contributed by atoms with Crippen molar-refractivity contribution in [3.8, 4) is 5.75 Å². The molecule has 0 saturated carbocycles. The largest absolute Gasteiger partial charge is 0.493 e. The Bertz CT molecular complexity index is 699. The molecule has 6 heteroatoms. The summed E-state index contributed by atoms with van der Waals surface area (Å²) in [5.41, 5.74) is 2.29. The molecule has 1 aromatic carbocycles. The summed E-state index contributed by atoms with van der Waals surface area (Å²) in [5.74, 6) is 1.07. The summed E-state index contributed by atoms with van der Waals surface area (Å²) in [6.45, 7) is 4.91. The Morgan fingerprint density at radius 3 is 2.88 bits per heavy atom. The molecule has 1 aromatic heterocycles. The zero-order valence-electron chi connectivity index (χ0n) is 14.9. The van der Waals surface area contributed by atoms with Crippen LogP contribution in [-0.4, -0.2) is 47.0 Å². The molecule has 1 atom stereocenters. The Labute approximate surface area is 148 Å². The first-order valence-electron chi connectivity index (χ1n) is 8.73. The third-order valence-electron chi connectivity index (χ3n) is 4.52. The van der Waals surface area contributed by atoms with E-state index in [0.29, 0.717) is 39.3 Å². The number of carbonyl (C=O) groups is 1. The number of carbonyl (C=O) groups excluding carboxylic acids is 1. The maximum absolute atomic E-state index is 12.6. The van der Waals surface area contributed by atoms with Crippen LogP contribution in [0.5, 0.6) is 5.75 Å². The van der Waals surface area contributed by atoms with Gasteiger partial charge in [0.1, 0.15) is 5.75 Å². The lowest BCUT2D eigenvalue weighted by Crippen LogP contribution is -2.40. The van der Waals surface area contributed by atoms with Crippen molar-refractivity contribution >= 4 is 5.91 Å². The number of benzene rings is 1. The number of rotatable bonds is 7. The summed E-state index contributed by atoms with van der Waals surface area (Å²) < 4.78 is 13.1. The van der Waals surface area contributed by atoms with Crippen molar-refractivity contribution in [2.45, 2.75) is 25.8 Å². The zero-order valence-corrected chi connectivity index (χ0v) is 14.9. The van der Waals surface area contributed by atoms with Gasteiger partial charge in [-0.05, 0) is 19.1 Å². The summed E-state index contributed by atoms with van der Waals surface area (Å²) in [4.78, 5) is 14.5. The molecule has 2 aromatic rings. The lowest BCUT2D eigenvalue weighted by atomic mass is 9.95. The minimum atomic E-state index is 0.101. The minimum Gasteiger partial charge on any atom is -0.493 e. The molecular weight excluding hydrogens is 318 g/mol. The lowest BCUT2D eigenvalue weighted by molar-refractivity contribution is -0.133. The van der Waals surface area contributed by atoms with Gasteiger partial charge in [0.15, 0.2) is 0 Å². The second-order valence-electron chi connectivity index (χ2n) is 6.21. The first-order chi connectivity index (χ1) is 12.2. The number of ether oxygens (including phenoxy) is 2. The van der Waals surface area contributed by atoms with Gasteiger partial charge in [0.25, 0.3) is 0 Å². The first kappa shape index (κ1) is 17.5. The monoisotopic (exact) mass is 343 g/mol. The number of hydrogen-bond acceptors (Lipinski definition) is 4. The number of aryl methyl sites for hydroxylation is 1. The predicted octanol–water partition coefficient (Wildman–Crippen LogP) is 2.35. The van der Waals surface area contributed by atoms with Gasteiger partial charge in [0.05, 0.1) is 38.1 Å². The van der Waals surface area contributed by atoms with Crippen molar-refractivity contribution < 1.29 is 14.3 Å². The van der Waals surface area contributed by atoms with Gasteiger partial charge in [-0.3, -0.25) is 9.48 Å². The Morgan fingerprint density at radius 1 is 1.32 bits per heavy atom. The topological polar surface area (TPSA) is 56.6 Å². The van der Waals surface area contributed by atoms with E-state index in [0.717, 1.165) is 11.4 Å². The average molecular weight is 343 g/mol. The third-order valence-corrected chi connectivity index (χ3v) is 4.52. The molecule has 1 aliphatic rings. The molecular formula is C19H25N3O3. The molecule has 2 heterocycles. The second kappa shape index (κ2) is 8.16. The van der Waals surface area contributed by atoms with Crippen LogP contribution in [0.25, 0.3) is 0 Å². The quantitative estimate of drug-likeness (QED) is 0.774. The van der Waals surface area contributed by atoms with E-state index in [1.807, 2.05) is 60.1 Å². The fourth-order valence-corrected chi connectivity index (χ4v) is 3.15. The van der Waals surface area contributed by atoms with Gasteiger partial charge in [-0.15, -0.1) is 0 Å². The summed E-state index contributed by atoms with van der Waals surface area (Å²) in [6.07, 6.45) is 2.27. The summed E-state index contributed by atoms with van der Waals surface area (Å²) in [7, 11) is 1.92. The molecule has 0 aliphatic carbocycles. The smallest absolute Gasteiger partial charge is 0.226 e. The number of hydrogen-bond donors (Lipinski definition) is 0. The standard InChI is InChI=1S/C19H25N3O3/c1-3-24-14-15-12-22(13-18-17(15)11-20-21(18)2)19(23)9-10-25-16-7-5-4-6-8-16/h4-8,11,15H,3,9-10,12-14H2,1-2H3. The number of nitrogens with zero attached hydrogens (tertiary/aromatic N) is 3. The van der Waals surface area contributed by atoms with Crippen molar-refractivity contribution in [3.05, 3.63) is 47.8 Å². The van der Waals surface area contributed by atoms with Crippen LogP contribution in [0.4, 0.5) is 0 Å². The van der Waals surface area contributed by atoms with Gasteiger partial charge in [-0.25, -0.2) is 0 Å². The number of amides is 1. The van der Waals surface area contributed by atoms with Gasteiger partial charge in [0.2, 0.25) is 5.91 Å². The minimum absolute atomic E-state index is 0.101. The molecule has 0 radical (unpaired) electrons. The van der Waals surface area contributed by atoms with E-state index in [1.54, 1.807) is 0 Å². The first-order valence-corrected chi connectivity index (χ1v) is 8.73. The highest BCUT2D eigenvalue weighted by Gasteiger charge is 2.30. The van der Waals surface area contributed by atoms with Crippen LogP contribution in [0, 0.1) is 0 Å². The van der Waals surface area contributed by atoms with Crippen LogP contribution in [0.1, 0.15) is 30.5 Å². The van der Waals surface area contributed by atoms with Crippen LogP contribution in [0.2, 0.25) is 0 Å². The highest BCUT2D eigenvalue weighted by molar-refractivity contribution is 5.76. The Balaban J connectivity index is 1.60. The molecule has 25 heavy (non-hydrogen) atoms. The summed E-state index contributed by atoms with van der Waals surface area (Å²) >= 11 is 0. The third kappa shape index (κ3) is 4.20. The van der Waals surface area contributed by atoms with Crippen molar-refractivity contribution in [1.82, 2.24) is 14.7 Å². The molecule has 3 rings (SSSR count). The lowest BCUT2D eigenvalue weighted by Gasteiger charge is -2.33. The van der Waals surface area contributed by atoms with E-state index in [2.05, 4.69) is 5.10 Å². The SMILES string of the molecule is CCOCC1CN(C(=O)CCOc2ccccc2)Cc2c1cnn2C. The molecule has 0 N–H and O–H groups in total. The maximum Gasteiger partial charge on any atom is 0.226 e. The van der Waals surface area contributed by atoms with Gasteiger partial charge in [-0.1, -0.05) is 18.2 Å². The molecule has 1 amide bonds. The van der Waals surface area contributed by atoms with Crippen molar-refractivity contribution in [2.75, 3.05) is 26.4 Å². The molecule has 1 unspecified atom stereocenters. The van der Waals surface area contributed by atoms with Crippen molar-refractivity contribution in [2.24, 2.45) is 7.05 Å². The fourth-order valence-electron chi connectivity index (χ4n) is 3.15. The predicted molar refractivity (Wildman–Crippen MR) is 94.4 cm³/mol. The highest BCUT2D eigenvalue weighted by Crippen LogP contribution is 2.28. The highest BCUT2D eigenvalue weighted by atomic mass is 16.5. The fraction of sp³-hybridized carbons (Fsp3) is 0.474. The maximum atomic E-state index is 12.6. The number of aromatic nitrogens is 2. The van der Waals surface area contributed by atoms with Crippen molar-refractivity contribution in [3.63, 3.8) is 0 Å². The van der Waals surface area contributed by atoms with Crippen LogP contribution >= 0.6 is 0 Å². The van der Waals surface area contributed by atoms with Crippen molar-refractivity contribution in [1.29, 1.82) is 0 Å². The van der Waals surface area contributed by atoms with E-state index in [9.17, 15) is 4.79 Å². The molecule has 0 fully saturated rings. The summed E-state index contributed by atoms with van der Waals surface area (Å²) in [6, 6.07) is 9.57. The van der Waals surface area contributed by atoms with E-state index in [1.165, 1.54) is 5.56 Å². The van der Waals surface area contributed by atoms with E-state index >= 15 is 0 Å². The van der Waals surface area contributed by atoms with Crippen LogP contribution in [-0.2, 0) is 23.1 Å². The Hall–Kier alpha value is -2.34. The van der Waals surface area contributed by atoms with Gasteiger partial charge in [0, 0.05) is 31.7 Å². The molecule has 0 bridgehead atoms. The molecule has 134 valence electrons. The summed E-state index contributed by atoms with van der Waals surface area (Å²) in [5, 5.41) is 4.35. The van der Waals surface area contributed by atoms with Crippen LogP contribution < -0.4 is 4.74 Å². The van der Waals surface area contributed by atoms with E-state index < -0.39 is 0 Å². The van der Waals surface area contributed by atoms with Gasteiger partial charge < -0.3 is 14.4 Å². The van der Waals surface area contributed by atoms with Gasteiger partial charge in [-0.2, -0.15) is 5.10 Å². The Kier molecular flexibility index (Phi) is 5.71. The normalized spacial score (nSPS) is 16.6. The number of para-hydroxylation sites is 1. The Morgan fingerprint density at radius 2 is 2.12 bits per heavy atom. The number of fused-ring (bicyclic) bond motifs is 1. The van der Waals surface area contributed by atoms with Crippen LogP contribution in [0.3, 0.4) is 0 Å². The molecule has 6 nitrogen and oxygen atoms in total.